The van der Waals surface area contributed by atoms with Gasteiger partial charge in [-0.25, -0.2) is 4.98 Å². The highest BCUT2D eigenvalue weighted by Crippen LogP contribution is 2.22. The molecule has 1 saturated heterocycles. The molecule has 4 nitrogen and oxygen atoms in total. The number of aromatic nitrogens is 1. The topological polar surface area (TPSA) is 43.4 Å². The van der Waals surface area contributed by atoms with Gasteiger partial charge in [-0.3, -0.25) is 0 Å². The van der Waals surface area contributed by atoms with Gasteiger partial charge in [0.15, 0.2) is 11.6 Å². The van der Waals surface area contributed by atoms with Crippen molar-refractivity contribution in [2.24, 2.45) is 0 Å². The first kappa shape index (κ1) is 9.27. The Morgan fingerprint density at radius 3 is 3.29 bits per heavy atom. The van der Waals surface area contributed by atoms with Crippen LogP contribution in [0, 0.1) is 0 Å². The van der Waals surface area contributed by atoms with Gasteiger partial charge < -0.3 is 14.8 Å². The number of methoxy groups -OCH3 is 1. The molecule has 1 aromatic rings. The summed E-state index contributed by atoms with van der Waals surface area (Å²) >= 11 is 0. The summed E-state index contributed by atoms with van der Waals surface area (Å²) in [5.41, 5.74) is 0. The minimum Gasteiger partial charge on any atom is -0.493 e. The number of rotatable bonds is 3. The third-order valence-electron chi connectivity index (χ3n) is 2.26. The minimum absolute atomic E-state index is 0.360. The second-order valence-electron chi connectivity index (χ2n) is 3.26. The molecule has 0 aliphatic carbocycles. The van der Waals surface area contributed by atoms with Gasteiger partial charge in [0.1, 0.15) is 0 Å². The standard InChI is InChI=1S/C10H14N2O2/c1-13-9-3-2-5-11-10(9)12-8-4-6-14-7-8/h2-3,5,8H,4,6-7H2,1H3,(H,11,12). The average Bonchev–Trinajstić information content (AvgIpc) is 2.71. The summed E-state index contributed by atoms with van der Waals surface area (Å²) in [6.45, 7) is 1.58. The zero-order valence-corrected chi connectivity index (χ0v) is 8.19. The van der Waals surface area contributed by atoms with E-state index in [2.05, 4.69) is 10.3 Å². The summed E-state index contributed by atoms with van der Waals surface area (Å²) in [5.74, 6) is 1.57. The summed E-state index contributed by atoms with van der Waals surface area (Å²) in [7, 11) is 1.65. The molecule has 1 aliphatic rings. The van der Waals surface area contributed by atoms with Gasteiger partial charge in [-0.15, -0.1) is 0 Å². The lowest BCUT2D eigenvalue weighted by Crippen LogP contribution is -2.20. The summed E-state index contributed by atoms with van der Waals surface area (Å²) in [4.78, 5) is 4.22. The van der Waals surface area contributed by atoms with Gasteiger partial charge in [-0.2, -0.15) is 0 Å². The highest BCUT2D eigenvalue weighted by atomic mass is 16.5. The predicted octanol–water partition coefficient (Wildman–Crippen LogP) is 1.29. The van der Waals surface area contributed by atoms with E-state index in [0.717, 1.165) is 31.2 Å². The van der Waals surface area contributed by atoms with Crippen molar-refractivity contribution in [1.29, 1.82) is 0 Å². The molecule has 4 heteroatoms. The molecule has 0 radical (unpaired) electrons. The second kappa shape index (κ2) is 4.28. The first-order valence-electron chi connectivity index (χ1n) is 4.73. The van der Waals surface area contributed by atoms with Gasteiger partial charge in [0, 0.05) is 12.8 Å². The van der Waals surface area contributed by atoms with E-state index < -0.39 is 0 Å². The van der Waals surface area contributed by atoms with Crippen molar-refractivity contribution in [3.8, 4) is 5.75 Å². The number of nitrogens with zero attached hydrogens (tertiary/aromatic N) is 1. The molecule has 14 heavy (non-hydrogen) atoms. The lowest BCUT2D eigenvalue weighted by molar-refractivity contribution is 0.195. The Morgan fingerprint density at radius 2 is 2.57 bits per heavy atom. The van der Waals surface area contributed by atoms with Crippen LogP contribution in [0.5, 0.6) is 5.75 Å². The molecule has 1 fully saturated rings. The Kier molecular flexibility index (Phi) is 2.84. The Morgan fingerprint density at radius 1 is 1.64 bits per heavy atom. The van der Waals surface area contributed by atoms with E-state index in [9.17, 15) is 0 Å². The quantitative estimate of drug-likeness (QED) is 0.787. The summed E-state index contributed by atoms with van der Waals surface area (Å²) in [6, 6.07) is 4.11. The molecule has 0 spiro atoms. The fraction of sp³-hybridized carbons (Fsp3) is 0.500. The first-order valence-corrected chi connectivity index (χ1v) is 4.73. The van der Waals surface area contributed by atoms with Crippen molar-refractivity contribution >= 4 is 5.82 Å². The molecule has 0 amide bonds. The van der Waals surface area contributed by atoms with Crippen molar-refractivity contribution in [2.45, 2.75) is 12.5 Å². The number of hydrogen-bond donors (Lipinski definition) is 1. The highest BCUT2D eigenvalue weighted by molar-refractivity contribution is 5.50. The maximum atomic E-state index is 5.27. The lowest BCUT2D eigenvalue weighted by atomic mass is 10.2. The van der Waals surface area contributed by atoms with Crippen LogP contribution in [-0.4, -0.2) is 31.3 Å². The SMILES string of the molecule is COc1cccnc1NC1CCOC1. The fourth-order valence-electron chi connectivity index (χ4n) is 1.51. The maximum Gasteiger partial charge on any atom is 0.169 e. The van der Waals surface area contributed by atoms with Crippen LogP contribution in [0.4, 0.5) is 5.82 Å². The van der Waals surface area contributed by atoms with Crippen LogP contribution in [0.2, 0.25) is 0 Å². The molecule has 1 N–H and O–H groups in total. The fourth-order valence-corrected chi connectivity index (χ4v) is 1.51. The molecule has 2 rings (SSSR count). The molecule has 1 aromatic heterocycles. The molecule has 1 aliphatic heterocycles. The first-order chi connectivity index (χ1) is 6.90. The Bertz CT molecular complexity index is 298. The van der Waals surface area contributed by atoms with Gasteiger partial charge in [0.05, 0.1) is 19.8 Å². The van der Waals surface area contributed by atoms with Gasteiger partial charge in [-0.1, -0.05) is 0 Å². The van der Waals surface area contributed by atoms with E-state index in [0.29, 0.717) is 6.04 Å². The van der Waals surface area contributed by atoms with Crippen LogP contribution in [-0.2, 0) is 4.74 Å². The number of pyridine rings is 1. The Labute approximate surface area is 83.2 Å². The van der Waals surface area contributed by atoms with Crippen molar-refractivity contribution in [3.63, 3.8) is 0 Å². The predicted molar refractivity (Wildman–Crippen MR) is 53.6 cm³/mol. The highest BCUT2D eigenvalue weighted by Gasteiger charge is 2.16. The van der Waals surface area contributed by atoms with Crippen molar-refractivity contribution in [2.75, 3.05) is 25.6 Å². The van der Waals surface area contributed by atoms with Crippen LogP contribution in [0.1, 0.15) is 6.42 Å². The van der Waals surface area contributed by atoms with Crippen LogP contribution in [0.15, 0.2) is 18.3 Å². The molecule has 0 saturated carbocycles. The van der Waals surface area contributed by atoms with Gasteiger partial charge >= 0.3 is 0 Å². The second-order valence-corrected chi connectivity index (χ2v) is 3.26. The zero-order valence-electron chi connectivity index (χ0n) is 8.19. The number of hydrogen-bond acceptors (Lipinski definition) is 4. The lowest BCUT2D eigenvalue weighted by Gasteiger charge is -2.13. The van der Waals surface area contributed by atoms with E-state index >= 15 is 0 Å². The number of ether oxygens (including phenoxy) is 2. The van der Waals surface area contributed by atoms with E-state index in [4.69, 9.17) is 9.47 Å². The Hall–Kier alpha value is -1.29. The zero-order chi connectivity index (χ0) is 9.80. The van der Waals surface area contributed by atoms with Crippen molar-refractivity contribution in [3.05, 3.63) is 18.3 Å². The molecular weight excluding hydrogens is 180 g/mol. The molecule has 1 atom stereocenters. The molecule has 2 heterocycles. The van der Waals surface area contributed by atoms with Crippen LogP contribution in [0.25, 0.3) is 0 Å². The van der Waals surface area contributed by atoms with E-state index in [-0.39, 0.29) is 0 Å². The molecular formula is C10H14N2O2. The third kappa shape index (κ3) is 1.96. The summed E-state index contributed by atoms with van der Waals surface area (Å²) in [6.07, 6.45) is 2.78. The minimum atomic E-state index is 0.360. The molecule has 76 valence electrons. The van der Waals surface area contributed by atoms with E-state index in [1.54, 1.807) is 13.3 Å². The normalized spacial score (nSPS) is 20.8. The Balaban J connectivity index is 2.07. The monoisotopic (exact) mass is 194 g/mol. The molecule has 1 unspecified atom stereocenters. The average molecular weight is 194 g/mol. The molecule has 0 bridgehead atoms. The third-order valence-corrected chi connectivity index (χ3v) is 2.26. The van der Waals surface area contributed by atoms with Gasteiger partial charge in [-0.05, 0) is 18.6 Å². The smallest absolute Gasteiger partial charge is 0.169 e. The van der Waals surface area contributed by atoms with E-state index in [1.165, 1.54) is 0 Å². The molecule has 0 aromatic carbocycles. The number of anilines is 1. The van der Waals surface area contributed by atoms with E-state index in [1.807, 2.05) is 12.1 Å². The summed E-state index contributed by atoms with van der Waals surface area (Å²) < 4.78 is 10.5. The maximum absolute atomic E-state index is 5.27. The van der Waals surface area contributed by atoms with Crippen LogP contribution < -0.4 is 10.1 Å². The van der Waals surface area contributed by atoms with Crippen molar-refractivity contribution < 1.29 is 9.47 Å². The summed E-state index contributed by atoms with van der Waals surface area (Å²) in [5, 5.41) is 3.30. The number of nitrogens with one attached hydrogen (secondary N) is 1. The largest absolute Gasteiger partial charge is 0.493 e. The van der Waals surface area contributed by atoms with Gasteiger partial charge in [0.2, 0.25) is 0 Å². The van der Waals surface area contributed by atoms with Crippen molar-refractivity contribution in [1.82, 2.24) is 4.98 Å². The van der Waals surface area contributed by atoms with Crippen LogP contribution in [0.3, 0.4) is 0 Å². The van der Waals surface area contributed by atoms with Gasteiger partial charge in [0.25, 0.3) is 0 Å². The van der Waals surface area contributed by atoms with Crippen LogP contribution >= 0.6 is 0 Å².